The first-order valence-corrected chi connectivity index (χ1v) is 9.17. The van der Waals surface area contributed by atoms with Gasteiger partial charge in [0, 0.05) is 20.5 Å². The Morgan fingerprint density at radius 3 is 2.43 bits per heavy atom. The van der Waals surface area contributed by atoms with Crippen molar-refractivity contribution in [3.63, 3.8) is 0 Å². The van der Waals surface area contributed by atoms with Crippen LogP contribution in [0.15, 0.2) is 48.5 Å². The molecule has 0 spiro atoms. The zero-order valence-corrected chi connectivity index (χ0v) is 16.6. The number of carbonyl (C=O) groups is 2. The molecule has 2 rings (SSSR count). The standard InChI is InChI=1S/C20H24ClN3O4/c1-24(2)20(26)17(22-21)13-14-7-10-16(11-8-14)28-18-6-4-3-5-15(18)9-12-19(25)23-27/h3-8,10-11,17,22,27H,9,12-13H2,1-2H3,(H,23,25)/t17-/m0/s1. The first-order valence-electron chi connectivity index (χ1n) is 8.79. The molecule has 7 nitrogen and oxygen atoms in total. The molecular formula is C20H24ClN3O4. The number of ether oxygens (including phenoxy) is 1. The molecule has 0 aliphatic rings. The SMILES string of the molecule is CN(C)C(=O)[C@H](Cc1ccc(Oc2ccccc2CCC(=O)NO)cc1)NCl. The molecule has 0 bridgehead atoms. The maximum absolute atomic E-state index is 12.1. The van der Waals surface area contributed by atoms with E-state index in [1.54, 1.807) is 19.6 Å². The third-order valence-electron chi connectivity index (χ3n) is 4.18. The smallest absolute Gasteiger partial charge is 0.243 e. The number of amides is 2. The fourth-order valence-electron chi connectivity index (χ4n) is 2.65. The number of hydrogen-bond acceptors (Lipinski definition) is 5. The lowest BCUT2D eigenvalue weighted by molar-refractivity contribution is -0.130. The molecule has 150 valence electrons. The number of benzene rings is 2. The van der Waals surface area contributed by atoms with Crippen LogP contribution in [-0.2, 0) is 22.4 Å². The number of aryl methyl sites for hydroxylation is 1. The van der Waals surface area contributed by atoms with E-state index >= 15 is 0 Å². The van der Waals surface area contributed by atoms with Crippen LogP contribution in [0, 0.1) is 0 Å². The van der Waals surface area contributed by atoms with Gasteiger partial charge in [-0.1, -0.05) is 30.3 Å². The zero-order chi connectivity index (χ0) is 20.5. The fraction of sp³-hybridized carbons (Fsp3) is 0.300. The molecule has 0 aliphatic carbocycles. The van der Waals surface area contributed by atoms with E-state index in [0.717, 1.165) is 11.1 Å². The number of hydroxylamine groups is 1. The number of hydrogen-bond donors (Lipinski definition) is 3. The topological polar surface area (TPSA) is 90.9 Å². The highest BCUT2D eigenvalue weighted by atomic mass is 35.5. The van der Waals surface area contributed by atoms with Crippen molar-refractivity contribution in [2.45, 2.75) is 25.3 Å². The predicted molar refractivity (Wildman–Crippen MR) is 106 cm³/mol. The van der Waals surface area contributed by atoms with Crippen molar-refractivity contribution < 1.29 is 19.5 Å². The lowest BCUT2D eigenvalue weighted by atomic mass is 10.1. The molecular weight excluding hydrogens is 382 g/mol. The van der Waals surface area contributed by atoms with E-state index in [2.05, 4.69) is 4.84 Å². The summed E-state index contributed by atoms with van der Waals surface area (Å²) in [7, 11) is 3.37. The molecule has 0 saturated heterocycles. The molecule has 8 heteroatoms. The van der Waals surface area contributed by atoms with Crippen LogP contribution in [0.1, 0.15) is 17.5 Å². The van der Waals surface area contributed by atoms with Crippen molar-refractivity contribution in [2.24, 2.45) is 0 Å². The Morgan fingerprint density at radius 2 is 1.82 bits per heavy atom. The number of halogens is 1. The van der Waals surface area contributed by atoms with Gasteiger partial charge in [0.2, 0.25) is 11.8 Å². The summed E-state index contributed by atoms with van der Waals surface area (Å²) in [6.07, 6.45) is 1.05. The third-order valence-corrected chi connectivity index (χ3v) is 4.44. The maximum atomic E-state index is 12.1. The molecule has 0 aromatic heterocycles. The number of nitrogens with one attached hydrogen (secondary N) is 2. The van der Waals surface area contributed by atoms with Gasteiger partial charge in [0.25, 0.3) is 0 Å². The Balaban J connectivity index is 2.05. The summed E-state index contributed by atoms with van der Waals surface area (Å²) >= 11 is 5.71. The van der Waals surface area contributed by atoms with E-state index < -0.39 is 11.9 Å². The van der Waals surface area contributed by atoms with Gasteiger partial charge in [-0.15, -0.1) is 0 Å². The average molecular weight is 406 g/mol. The van der Waals surface area contributed by atoms with E-state index in [-0.39, 0.29) is 12.3 Å². The molecule has 2 aromatic carbocycles. The van der Waals surface area contributed by atoms with E-state index in [0.29, 0.717) is 24.3 Å². The van der Waals surface area contributed by atoms with Gasteiger partial charge in [-0.05, 0) is 53.9 Å². The quantitative estimate of drug-likeness (QED) is 0.339. The zero-order valence-electron chi connectivity index (χ0n) is 15.8. The van der Waals surface area contributed by atoms with Crippen LogP contribution in [0.2, 0.25) is 0 Å². The summed E-state index contributed by atoms with van der Waals surface area (Å²) in [6.45, 7) is 0. The first-order chi connectivity index (χ1) is 13.4. The molecule has 28 heavy (non-hydrogen) atoms. The number of nitrogens with zero attached hydrogens (tertiary/aromatic N) is 1. The van der Waals surface area contributed by atoms with E-state index in [1.807, 2.05) is 48.5 Å². The molecule has 0 unspecified atom stereocenters. The second-order valence-electron chi connectivity index (χ2n) is 6.49. The minimum atomic E-state index is -0.512. The van der Waals surface area contributed by atoms with Gasteiger partial charge in [-0.2, -0.15) is 0 Å². The Hall–Kier alpha value is -2.61. The monoisotopic (exact) mass is 405 g/mol. The minimum Gasteiger partial charge on any atom is -0.457 e. The predicted octanol–water partition coefficient (Wildman–Crippen LogP) is 2.66. The van der Waals surface area contributed by atoms with Crippen LogP contribution in [-0.4, -0.2) is 42.1 Å². The Kier molecular flexibility index (Phi) is 8.25. The second-order valence-corrected chi connectivity index (χ2v) is 6.71. The van der Waals surface area contributed by atoms with Crippen LogP contribution in [0.5, 0.6) is 11.5 Å². The summed E-state index contributed by atoms with van der Waals surface area (Å²) in [5, 5.41) is 8.62. The summed E-state index contributed by atoms with van der Waals surface area (Å²) in [5.74, 6) is 0.728. The van der Waals surface area contributed by atoms with Gasteiger partial charge in [0.15, 0.2) is 0 Å². The molecule has 2 aromatic rings. The Morgan fingerprint density at radius 1 is 1.14 bits per heavy atom. The largest absolute Gasteiger partial charge is 0.457 e. The van der Waals surface area contributed by atoms with Gasteiger partial charge in [0.05, 0.1) is 0 Å². The van der Waals surface area contributed by atoms with E-state index in [9.17, 15) is 9.59 Å². The van der Waals surface area contributed by atoms with Crippen molar-refractivity contribution in [2.75, 3.05) is 14.1 Å². The van der Waals surface area contributed by atoms with Crippen molar-refractivity contribution in [3.8, 4) is 11.5 Å². The number of carbonyl (C=O) groups excluding carboxylic acids is 2. The molecule has 0 heterocycles. The average Bonchev–Trinajstić information content (AvgIpc) is 2.71. The van der Waals surface area contributed by atoms with Crippen LogP contribution >= 0.6 is 11.8 Å². The molecule has 0 saturated carbocycles. The second kappa shape index (κ2) is 10.7. The summed E-state index contributed by atoms with van der Waals surface area (Å²) in [6, 6.07) is 14.3. The van der Waals surface area contributed by atoms with E-state index in [1.165, 1.54) is 4.90 Å². The molecule has 0 fully saturated rings. The highest BCUT2D eigenvalue weighted by molar-refractivity contribution is 6.15. The van der Waals surface area contributed by atoms with Crippen LogP contribution in [0.3, 0.4) is 0 Å². The summed E-state index contributed by atoms with van der Waals surface area (Å²) < 4.78 is 5.94. The van der Waals surface area contributed by atoms with Crippen molar-refractivity contribution >= 4 is 23.6 Å². The van der Waals surface area contributed by atoms with Gasteiger partial charge >= 0.3 is 0 Å². The Bertz CT molecular complexity index is 796. The van der Waals surface area contributed by atoms with Gasteiger partial charge < -0.3 is 9.64 Å². The maximum Gasteiger partial charge on any atom is 0.243 e. The highest BCUT2D eigenvalue weighted by Crippen LogP contribution is 2.26. The minimum absolute atomic E-state index is 0.101. The van der Waals surface area contributed by atoms with Crippen LogP contribution in [0.25, 0.3) is 0 Å². The summed E-state index contributed by atoms with van der Waals surface area (Å²) in [5.41, 5.74) is 3.42. The van der Waals surface area contributed by atoms with Crippen molar-refractivity contribution in [1.29, 1.82) is 0 Å². The normalized spacial score (nSPS) is 11.6. The van der Waals surface area contributed by atoms with Gasteiger partial charge in [-0.3, -0.25) is 14.8 Å². The Labute approximate surface area is 169 Å². The lowest BCUT2D eigenvalue weighted by Gasteiger charge is -2.19. The molecule has 2 amide bonds. The number of para-hydroxylation sites is 1. The van der Waals surface area contributed by atoms with Gasteiger partial charge in [-0.25, -0.2) is 10.3 Å². The lowest BCUT2D eigenvalue weighted by Crippen LogP contribution is -2.41. The third kappa shape index (κ3) is 6.23. The van der Waals surface area contributed by atoms with Gasteiger partial charge in [0.1, 0.15) is 17.5 Å². The van der Waals surface area contributed by atoms with Crippen molar-refractivity contribution in [1.82, 2.24) is 15.2 Å². The van der Waals surface area contributed by atoms with Crippen LogP contribution < -0.4 is 15.1 Å². The van der Waals surface area contributed by atoms with E-state index in [4.69, 9.17) is 21.7 Å². The fourth-order valence-corrected chi connectivity index (χ4v) is 2.83. The first kappa shape index (κ1) is 21.7. The van der Waals surface area contributed by atoms with Crippen LogP contribution in [0.4, 0.5) is 0 Å². The molecule has 0 aliphatic heterocycles. The molecule has 0 radical (unpaired) electrons. The molecule has 3 N–H and O–H groups in total. The molecule has 1 atom stereocenters. The number of rotatable bonds is 9. The summed E-state index contributed by atoms with van der Waals surface area (Å²) in [4.78, 5) is 27.3. The number of likely N-dealkylation sites (N-methyl/N-ethyl adjacent to an activating group) is 1. The van der Waals surface area contributed by atoms with Crippen molar-refractivity contribution in [3.05, 3.63) is 59.7 Å². The highest BCUT2D eigenvalue weighted by Gasteiger charge is 2.19.